The first kappa shape index (κ1) is 17.2. The van der Waals surface area contributed by atoms with Crippen molar-refractivity contribution in [3.8, 4) is 0 Å². The lowest BCUT2D eigenvalue weighted by molar-refractivity contribution is -0.00243. The van der Waals surface area contributed by atoms with Crippen molar-refractivity contribution in [2.45, 2.75) is 31.3 Å². The monoisotopic (exact) mass is 332 g/mol. The molecule has 0 bridgehead atoms. The summed E-state index contributed by atoms with van der Waals surface area (Å²) in [6.07, 6.45) is 5.89. The van der Waals surface area contributed by atoms with E-state index in [0.29, 0.717) is 24.5 Å². The Morgan fingerprint density at radius 3 is 2.75 bits per heavy atom. The normalized spacial score (nSPS) is 25.0. The molecule has 1 amide bonds. The predicted molar refractivity (Wildman–Crippen MR) is 94.3 cm³/mol. The van der Waals surface area contributed by atoms with Crippen molar-refractivity contribution in [3.63, 3.8) is 0 Å². The molecule has 3 heterocycles. The highest BCUT2D eigenvalue weighted by Crippen LogP contribution is 2.29. The Kier molecular flexibility index (Phi) is 5.06. The predicted octanol–water partition coefficient (Wildman–Crippen LogP) is 1.21. The fourth-order valence-corrected chi connectivity index (χ4v) is 3.84. The average molecular weight is 332 g/mol. The highest BCUT2D eigenvalue weighted by atomic mass is 16.3. The number of hydrogen-bond donors (Lipinski definition) is 1. The zero-order valence-corrected chi connectivity index (χ0v) is 14.7. The largest absolute Gasteiger partial charge is 0.387 e. The van der Waals surface area contributed by atoms with Gasteiger partial charge in [-0.25, -0.2) is 4.98 Å². The van der Waals surface area contributed by atoms with E-state index >= 15 is 0 Å². The molecule has 0 spiro atoms. The molecule has 2 aliphatic heterocycles. The molecule has 6 nitrogen and oxygen atoms in total. The minimum atomic E-state index is -0.724. The Bertz CT molecular complexity index is 586. The van der Waals surface area contributed by atoms with Crippen LogP contribution in [0.25, 0.3) is 0 Å². The molecule has 1 atom stereocenters. The number of aromatic nitrogens is 1. The number of rotatable bonds is 4. The van der Waals surface area contributed by atoms with E-state index in [-0.39, 0.29) is 5.91 Å². The van der Waals surface area contributed by atoms with Gasteiger partial charge in [-0.2, -0.15) is 0 Å². The van der Waals surface area contributed by atoms with Gasteiger partial charge < -0.3 is 19.8 Å². The second-order valence-corrected chi connectivity index (χ2v) is 7.31. The molecular formula is C18H28N4O2. The van der Waals surface area contributed by atoms with Crippen molar-refractivity contribution in [3.05, 3.63) is 23.9 Å². The summed E-state index contributed by atoms with van der Waals surface area (Å²) in [4.78, 5) is 22.9. The van der Waals surface area contributed by atoms with Crippen LogP contribution in [0.15, 0.2) is 18.3 Å². The lowest BCUT2D eigenvalue weighted by Gasteiger charge is -2.42. The van der Waals surface area contributed by atoms with Crippen LogP contribution in [0.5, 0.6) is 0 Å². The summed E-state index contributed by atoms with van der Waals surface area (Å²) in [5.41, 5.74) is -0.119. The van der Waals surface area contributed by atoms with Crippen LogP contribution in [-0.4, -0.2) is 78.2 Å². The molecule has 1 N–H and O–H groups in total. The topological polar surface area (TPSA) is 59.9 Å². The number of carbonyl (C=O) groups excluding carboxylic acids is 1. The molecule has 6 heteroatoms. The number of hydrogen-bond acceptors (Lipinski definition) is 5. The van der Waals surface area contributed by atoms with E-state index in [9.17, 15) is 9.90 Å². The molecule has 0 radical (unpaired) electrons. The number of piperidine rings is 1. The van der Waals surface area contributed by atoms with E-state index in [0.717, 1.165) is 32.5 Å². The third-order valence-corrected chi connectivity index (χ3v) is 4.99. The van der Waals surface area contributed by atoms with E-state index in [1.807, 2.05) is 6.07 Å². The lowest BCUT2D eigenvalue weighted by Crippen LogP contribution is -2.54. The number of carbonyl (C=O) groups is 1. The zero-order valence-electron chi connectivity index (χ0n) is 14.7. The molecule has 132 valence electrons. The Morgan fingerprint density at radius 2 is 2.04 bits per heavy atom. The Hall–Kier alpha value is -1.66. The molecule has 24 heavy (non-hydrogen) atoms. The standard InChI is InChI=1S/C18H28N4O2/c1-20(2)17(23)15-7-5-9-19-16(15)22-12-6-8-18(24,14-22)13-21-10-3-4-11-21/h5,7,9,24H,3-4,6,8,10-14H2,1-2H3. The first-order valence-corrected chi connectivity index (χ1v) is 8.85. The summed E-state index contributed by atoms with van der Waals surface area (Å²) in [6.45, 7) is 4.24. The number of aliphatic hydroxyl groups is 1. The maximum atomic E-state index is 12.4. The van der Waals surface area contributed by atoms with Crippen molar-refractivity contribution in [1.29, 1.82) is 0 Å². The van der Waals surface area contributed by atoms with Gasteiger partial charge in [0.05, 0.1) is 11.2 Å². The summed E-state index contributed by atoms with van der Waals surface area (Å²) in [6, 6.07) is 3.61. The van der Waals surface area contributed by atoms with E-state index in [4.69, 9.17) is 0 Å². The number of likely N-dealkylation sites (tertiary alicyclic amines) is 1. The molecule has 1 unspecified atom stereocenters. The Balaban J connectivity index is 1.78. The van der Waals surface area contributed by atoms with Crippen LogP contribution < -0.4 is 4.90 Å². The van der Waals surface area contributed by atoms with Crippen LogP contribution in [0.3, 0.4) is 0 Å². The second-order valence-electron chi connectivity index (χ2n) is 7.31. The summed E-state index contributed by atoms with van der Waals surface area (Å²) in [7, 11) is 3.50. The van der Waals surface area contributed by atoms with Crippen molar-refractivity contribution in [2.75, 3.05) is 51.7 Å². The Labute approximate surface area is 144 Å². The van der Waals surface area contributed by atoms with Crippen molar-refractivity contribution >= 4 is 11.7 Å². The summed E-state index contributed by atoms with van der Waals surface area (Å²) in [5, 5.41) is 11.1. The summed E-state index contributed by atoms with van der Waals surface area (Å²) in [5.74, 6) is 0.641. The maximum absolute atomic E-state index is 12.4. The highest BCUT2D eigenvalue weighted by molar-refractivity contribution is 5.98. The number of anilines is 1. The van der Waals surface area contributed by atoms with Gasteiger partial charge >= 0.3 is 0 Å². The van der Waals surface area contributed by atoms with Crippen molar-refractivity contribution in [2.24, 2.45) is 0 Å². The third-order valence-electron chi connectivity index (χ3n) is 4.99. The number of nitrogens with zero attached hydrogens (tertiary/aromatic N) is 4. The lowest BCUT2D eigenvalue weighted by atomic mass is 9.92. The number of pyridine rings is 1. The van der Waals surface area contributed by atoms with Crippen LogP contribution in [0.2, 0.25) is 0 Å². The quantitative estimate of drug-likeness (QED) is 0.898. The molecule has 1 aromatic rings. The zero-order chi connectivity index (χ0) is 17.2. The van der Waals surface area contributed by atoms with Gasteiger partial charge in [-0.05, 0) is 50.9 Å². The third kappa shape index (κ3) is 3.70. The van der Waals surface area contributed by atoms with E-state index in [1.54, 1.807) is 31.3 Å². The van der Waals surface area contributed by atoms with E-state index < -0.39 is 5.60 Å². The van der Waals surface area contributed by atoms with Gasteiger partial charge in [-0.15, -0.1) is 0 Å². The van der Waals surface area contributed by atoms with Crippen molar-refractivity contribution < 1.29 is 9.90 Å². The van der Waals surface area contributed by atoms with Gasteiger partial charge in [0.2, 0.25) is 0 Å². The molecule has 0 saturated carbocycles. The van der Waals surface area contributed by atoms with Crippen LogP contribution in [0.4, 0.5) is 5.82 Å². The number of β-amino-alcohol motifs (C(OH)–C–C–N with tert-alkyl or cyclic N) is 1. The van der Waals surface area contributed by atoms with Gasteiger partial charge in [0.25, 0.3) is 5.91 Å². The molecule has 2 aliphatic rings. The smallest absolute Gasteiger partial charge is 0.257 e. The van der Waals surface area contributed by atoms with Gasteiger partial charge in [-0.3, -0.25) is 4.79 Å². The molecule has 2 saturated heterocycles. The molecule has 0 aromatic carbocycles. The molecule has 2 fully saturated rings. The first-order chi connectivity index (χ1) is 11.5. The van der Waals surface area contributed by atoms with E-state index in [1.165, 1.54) is 12.8 Å². The van der Waals surface area contributed by atoms with Gasteiger partial charge in [0.1, 0.15) is 5.82 Å². The first-order valence-electron chi connectivity index (χ1n) is 8.85. The molecular weight excluding hydrogens is 304 g/mol. The van der Waals surface area contributed by atoms with Gasteiger partial charge in [0, 0.05) is 39.9 Å². The second kappa shape index (κ2) is 7.07. The molecule has 0 aliphatic carbocycles. The molecule has 3 rings (SSSR count). The minimum absolute atomic E-state index is 0.0493. The highest BCUT2D eigenvalue weighted by Gasteiger charge is 2.37. The van der Waals surface area contributed by atoms with Gasteiger partial charge in [0.15, 0.2) is 0 Å². The molecule has 1 aromatic heterocycles. The number of amides is 1. The summed E-state index contributed by atoms with van der Waals surface area (Å²) >= 11 is 0. The Morgan fingerprint density at radius 1 is 1.29 bits per heavy atom. The minimum Gasteiger partial charge on any atom is -0.387 e. The van der Waals surface area contributed by atoms with Crippen LogP contribution in [0, 0.1) is 0 Å². The van der Waals surface area contributed by atoms with Crippen LogP contribution in [0.1, 0.15) is 36.0 Å². The maximum Gasteiger partial charge on any atom is 0.257 e. The average Bonchev–Trinajstić information content (AvgIpc) is 3.06. The fraction of sp³-hybridized carbons (Fsp3) is 0.667. The fourth-order valence-electron chi connectivity index (χ4n) is 3.84. The summed E-state index contributed by atoms with van der Waals surface area (Å²) < 4.78 is 0. The SMILES string of the molecule is CN(C)C(=O)c1cccnc1N1CCCC(O)(CN2CCCC2)C1. The van der Waals surface area contributed by atoms with Crippen LogP contribution in [-0.2, 0) is 0 Å². The van der Waals surface area contributed by atoms with Gasteiger partial charge in [-0.1, -0.05) is 0 Å². The van der Waals surface area contributed by atoms with E-state index in [2.05, 4.69) is 14.8 Å². The van der Waals surface area contributed by atoms with Crippen LogP contribution >= 0.6 is 0 Å². The van der Waals surface area contributed by atoms with Crippen molar-refractivity contribution in [1.82, 2.24) is 14.8 Å².